The number of carbonyl (C=O) groups excluding carboxylic acids is 2. The molecule has 8 heteroatoms. The lowest BCUT2D eigenvalue weighted by atomic mass is 10.2. The lowest BCUT2D eigenvalue weighted by Gasteiger charge is -2.04. The number of ether oxygens (including phenoxy) is 1. The standard InChI is InChI=1S/C17H16N4O4/c1-18-16(22)9-20-17(23)15-8-13(25-21-15)10-24-12-4-5-14-11(7-12)3-2-6-19-14/h2-8H,9-10H2,1H3,(H,18,22)(H,20,23). The minimum atomic E-state index is -0.490. The SMILES string of the molecule is CNC(=O)CNC(=O)c1cc(COc2ccc3ncccc3c2)on1. The van der Waals surface area contributed by atoms with Crippen LogP contribution >= 0.6 is 0 Å². The molecule has 3 aromatic rings. The van der Waals surface area contributed by atoms with Crippen LogP contribution in [0, 0.1) is 0 Å². The Morgan fingerprint density at radius 3 is 2.96 bits per heavy atom. The van der Waals surface area contributed by atoms with Gasteiger partial charge in [-0.15, -0.1) is 0 Å². The number of aromatic nitrogens is 2. The minimum absolute atomic E-state index is 0.0882. The van der Waals surface area contributed by atoms with Gasteiger partial charge in [0.25, 0.3) is 5.91 Å². The number of likely N-dealkylation sites (N-methyl/N-ethyl adjacent to an activating group) is 1. The summed E-state index contributed by atoms with van der Waals surface area (Å²) < 4.78 is 10.7. The highest BCUT2D eigenvalue weighted by Crippen LogP contribution is 2.20. The first kappa shape index (κ1) is 16.4. The van der Waals surface area contributed by atoms with E-state index in [1.54, 1.807) is 6.20 Å². The molecule has 3 rings (SSSR count). The molecule has 0 saturated carbocycles. The Hall–Kier alpha value is -3.42. The van der Waals surface area contributed by atoms with E-state index in [1.807, 2.05) is 30.3 Å². The van der Waals surface area contributed by atoms with Crippen LogP contribution in [-0.4, -0.2) is 35.5 Å². The summed E-state index contributed by atoms with van der Waals surface area (Å²) in [6.45, 7) is 0.000642. The first-order valence-corrected chi connectivity index (χ1v) is 7.57. The van der Waals surface area contributed by atoms with Gasteiger partial charge in [-0.3, -0.25) is 14.6 Å². The Labute approximate surface area is 143 Å². The van der Waals surface area contributed by atoms with E-state index < -0.39 is 5.91 Å². The molecule has 2 N–H and O–H groups in total. The molecule has 0 fully saturated rings. The minimum Gasteiger partial charge on any atom is -0.486 e. The highest BCUT2D eigenvalue weighted by Gasteiger charge is 2.13. The molecule has 0 bridgehead atoms. The third-order valence-electron chi connectivity index (χ3n) is 3.44. The van der Waals surface area contributed by atoms with Crippen molar-refractivity contribution in [3.05, 3.63) is 54.0 Å². The van der Waals surface area contributed by atoms with Crippen molar-refractivity contribution in [3.63, 3.8) is 0 Å². The van der Waals surface area contributed by atoms with Gasteiger partial charge in [0.15, 0.2) is 11.5 Å². The molecule has 0 unspecified atom stereocenters. The van der Waals surface area contributed by atoms with Crippen molar-refractivity contribution in [1.29, 1.82) is 0 Å². The van der Waals surface area contributed by atoms with Crippen molar-refractivity contribution in [3.8, 4) is 5.75 Å². The molecule has 0 aliphatic heterocycles. The van der Waals surface area contributed by atoms with E-state index in [-0.39, 0.29) is 24.8 Å². The fourth-order valence-electron chi connectivity index (χ4n) is 2.13. The van der Waals surface area contributed by atoms with Gasteiger partial charge in [-0.05, 0) is 24.3 Å². The van der Waals surface area contributed by atoms with Crippen molar-refractivity contribution in [1.82, 2.24) is 20.8 Å². The molecule has 0 spiro atoms. The molecule has 0 aliphatic carbocycles. The number of pyridine rings is 1. The third kappa shape index (κ3) is 4.11. The second-order valence-corrected chi connectivity index (χ2v) is 5.18. The largest absolute Gasteiger partial charge is 0.486 e. The van der Waals surface area contributed by atoms with E-state index in [1.165, 1.54) is 13.1 Å². The van der Waals surface area contributed by atoms with Crippen molar-refractivity contribution in [2.45, 2.75) is 6.61 Å². The van der Waals surface area contributed by atoms with Crippen LogP contribution in [0.4, 0.5) is 0 Å². The number of rotatable bonds is 6. The maximum Gasteiger partial charge on any atom is 0.273 e. The van der Waals surface area contributed by atoms with Gasteiger partial charge in [0.05, 0.1) is 12.1 Å². The number of hydrogen-bond acceptors (Lipinski definition) is 6. The molecule has 0 atom stereocenters. The van der Waals surface area contributed by atoms with Gasteiger partial charge in [0.1, 0.15) is 12.4 Å². The highest BCUT2D eigenvalue weighted by molar-refractivity contribution is 5.94. The van der Waals surface area contributed by atoms with E-state index in [4.69, 9.17) is 9.26 Å². The van der Waals surface area contributed by atoms with Gasteiger partial charge in [0.2, 0.25) is 5.91 Å². The highest BCUT2D eigenvalue weighted by atomic mass is 16.5. The second kappa shape index (κ2) is 7.43. The molecule has 0 aliphatic rings. The molecular formula is C17H16N4O4. The molecule has 8 nitrogen and oxygen atoms in total. The van der Waals surface area contributed by atoms with E-state index in [0.717, 1.165) is 10.9 Å². The smallest absolute Gasteiger partial charge is 0.273 e. The van der Waals surface area contributed by atoms with Crippen molar-refractivity contribution in [2.75, 3.05) is 13.6 Å². The van der Waals surface area contributed by atoms with E-state index in [2.05, 4.69) is 20.8 Å². The van der Waals surface area contributed by atoms with Crippen LogP contribution in [0.15, 0.2) is 47.1 Å². The summed E-state index contributed by atoms with van der Waals surface area (Å²) >= 11 is 0. The summed E-state index contributed by atoms with van der Waals surface area (Å²) in [5.74, 6) is 0.264. The Balaban J connectivity index is 1.59. The van der Waals surface area contributed by atoms with Gasteiger partial charge >= 0.3 is 0 Å². The van der Waals surface area contributed by atoms with Crippen molar-refractivity contribution < 1.29 is 18.8 Å². The molecule has 2 amide bonds. The van der Waals surface area contributed by atoms with Crippen LogP contribution in [0.1, 0.15) is 16.2 Å². The van der Waals surface area contributed by atoms with Crippen LogP contribution < -0.4 is 15.4 Å². The predicted molar refractivity (Wildman–Crippen MR) is 89.0 cm³/mol. The maximum atomic E-state index is 11.8. The molecule has 0 radical (unpaired) electrons. The summed E-state index contributed by atoms with van der Waals surface area (Å²) in [6, 6.07) is 10.8. The molecule has 25 heavy (non-hydrogen) atoms. The van der Waals surface area contributed by atoms with E-state index >= 15 is 0 Å². The number of nitrogens with one attached hydrogen (secondary N) is 2. The van der Waals surface area contributed by atoms with E-state index in [0.29, 0.717) is 11.5 Å². The Morgan fingerprint density at radius 2 is 2.12 bits per heavy atom. The number of nitrogens with zero attached hydrogens (tertiary/aromatic N) is 2. The van der Waals surface area contributed by atoms with Crippen LogP contribution in [0.3, 0.4) is 0 Å². The topological polar surface area (TPSA) is 106 Å². The van der Waals surface area contributed by atoms with Gasteiger partial charge < -0.3 is 19.9 Å². The third-order valence-corrected chi connectivity index (χ3v) is 3.44. The lowest BCUT2D eigenvalue weighted by molar-refractivity contribution is -0.119. The molecule has 128 valence electrons. The first-order valence-electron chi connectivity index (χ1n) is 7.57. The normalized spacial score (nSPS) is 10.4. The lowest BCUT2D eigenvalue weighted by Crippen LogP contribution is -2.35. The monoisotopic (exact) mass is 340 g/mol. The molecule has 2 heterocycles. The van der Waals surface area contributed by atoms with Gasteiger partial charge in [-0.2, -0.15) is 0 Å². The molecular weight excluding hydrogens is 324 g/mol. The first-order chi connectivity index (χ1) is 12.2. The summed E-state index contributed by atoms with van der Waals surface area (Å²) in [4.78, 5) is 27.2. The second-order valence-electron chi connectivity index (χ2n) is 5.18. The fraction of sp³-hybridized carbons (Fsp3) is 0.176. The van der Waals surface area contributed by atoms with Crippen LogP contribution in [0.25, 0.3) is 10.9 Å². The molecule has 1 aromatic carbocycles. The van der Waals surface area contributed by atoms with E-state index in [9.17, 15) is 9.59 Å². The Morgan fingerprint density at radius 1 is 1.24 bits per heavy atom. The van der Waals surface area contributed by atoms with Gasteiger partial charge in [-0.1, -0.05) is 11.2 Å². The average molecular weight is 340 g/mol. The number of carbonyl (C=O) groups is 2. The number of hydrogen-bond donors (Lipinski definition) is 2. The van der Waals surface area contributed by atoms with Crippen LogP contribution in [0.5, 0.6) is 5.75 Å². The van der Waals surface area contributed by atoms with Crippen molar-refractivity contribution >= 4 is 22.7 Å². The number of amides is 2. The Bertz CT molecular complexity index is 906. The summed E-state index contributed by atoms with van der Waals surface area (Å²) in [7, 11) is 1.49. The number of benzene rings is 1. The summed E-state index contributed by atoms with van der Waals surface area (Å²) in [5, 5.41) is 9.48. The van der Waals surface area contributed by atoms with Crippen LogP contribution in [0.2, 0.25) is 0 Å². The zero-order valence-electron chi connectivity index (χ0n) is 13.5. The Kier molecular flexibility index (Phi) is 4.89. The van der Waals surface area contributed by atoms with Crippen LogP contribution in [-0.2, 0) is 11.4 Å². The molecule has 2 aromatic heterocycles. The summed E-state index contributed by atoms with van der Waals surface area (Å²) in [6.07, 6.45) is 1.73. The zero-order chi connectivity index (χ0) is 17.6. The fourth-order valence-corrected chi connectivity index (χ4v) is 2.13. The quantitative estimate of drug-likeness (QED) is 0.700. The maximum absolute atomic E-state index is 11.8. The van der Waals surface area contributed by atoms with Gasteiger partial charge in [0, 0.05) is 24.7 Å². The molecule has 0 saturated heterocycles. The summed E-state index contributed by atoms with van der Waals surface area (Å²) in [5.41, 5.74) is 0.967. The predicted octanol–water partition coefficient (Wildman–Crippen LogP) is 1.28. The average Bonchev–Trinajstić information content (AvgIpc) is 3.13. The zero-order valence-corrected chi connectivity index (χ0v) is 13.5. The number of fused-ring (bicyclic) bond motifs is 1. The van der Waals surface area contributed by atoms with Gasteiger partial charge in [-0.25, -0.2) is 0 Å². The van der Waals surface area contributed by atoms with Crippen molar-refractivity contribution in [2.24, 2.45) is 0 Å².